The largest absolute Gasteiger partial charge is 0.360 e. The summed E-state index contributed by atoms with van der Waals surface area (Å²) in [6.07, 6.45) is 1.89. The van der Waals surface area contributed by atoms with E-state index in [0.717, 1.165) is 25.9 Å². The van der Waals surface area contributed by atoms with Gasteiger partial charge in [-0.25, -0.2) is 10.4 Å². The maximum absolute atomic E-state index is 11.6. The molecule has 3 rings (SSSR count). The van der Waals surface area contributed by atoms with Gasteiger partial charge < -0.3 is 4.98 Å². The highest BCUT2D eigenvalue weighted by molar-refractivity contribution is 9.10. The number of aromatic amines is 1. The molecule has 0 radical (unpaired) electrons. The highest BCUT2D eigenvalue weighted by Crippen LogP contribution is 2.32. The summed E-state index contributed by atoms with van der Waals surface area (Å²) in [6.45, 7) is 3.22. The normalized spacial score (nSPS) is 10.7. The molecule has 0 spiro atoms. The zero-order valence-electron chi connectivity index (χ0n) is 10.2. The van der Waals surface area contributed by atoms with Crippen LogP contribution in [0.4, 0.5) is 0 Å². The Morgan fingerprint density at radius 1 is 1.50 bits per heavy atom. The summed E-state index contributed by atoms with van der Waals surface area (Å²) < 4.78 is 0.997. The van der Waals surface area contributed by atoms with E-state index >= 15 is 0 Å². The molecule has 0 unspecified atom stereocenters. The second kappa shape index (κ2) is 5.18. The fraction of sp³-hybridized carbons (Fsp3) is 0. The van der Waals surface area contributed by atoms with Gasteiger partial charge >= 0.3 is 0 Å². The third-order valence-corrected chi connectivity index (χ3v) is 4.16. The Balaban J connectivity index is 2.05. The van der Waals surface area contributed by atoms with Crippen LogP contribution in [0.15, 0.2) is 39.4 Å². The number of hydrogen-bond donors (Lipinski definition) is 2. The van der Waals surface area contributed by atoms with Crippen LogP contribution >= 0.6 is 27.3 Å². The second-order valence-corrected chi connectivity index (χ2v) is 5.80. The molecule has 1 aromatic carbocycles. The Morgan fingerprint density at radius 3 is 3.15 bits per heavy atom. The third kappa shape index (κ3) is 2.25. The number of nitrogens with one attached hydrogen (secondary N) is 2. The van der Waals surface area contributed by atoms with Gasteiger partial charge in [0.05, 0.1) is 0 Å². The van der Waals surface area contributed by atoms with Crippen molar-refractivity contribution in [1.29, 1.82) is 0 Å². The first-order valence-corrected chi connectivity index (χ1v) is 7.35. The molecule has 0 aliphatic heterocycles. The SMILES string of the molecule is C=NNC(=O)c1csc(-c2c[nH]c3ccc(Br)cc23)n1. The van der Waals surface area contributed by atoms with E-state index in [2.05, 4.69) is 43.1 Å². The highest BCUT2D eigenvalue weighted by atomic mass is 79.9. The number of aromatic nitrogens is 2. The van der Waals surface area contributed by atoms with Crippen molar-refractivity contribution in [2.75, 3.05) is 0 Å². The topological polar surface area (TPSA) is 70.1 Å². The van der Waals surface area contributed by atoms with Gasteiger partial charge in [-0.1, -0.05) is 15.9 Å². The lowest BCUT2D eigenvalue weighted by Crippen LogP contribution is -2.16. The predicted octanol–water partition coefficient (Wildman–Crippen LogP) is 3.40. The molecule has 100 valence electrons. The van der Waals surface area contributed by atoms with Crippen LogP contribution in [0.1, 0.15) is 10.5 Å². The summed E-state index contributed by atoms with van der Waals surface area (Å²) >= 11 is 4.87. The first-order valence-electron chi connectivity index (χ1n) is 5.67. The fourth-order valence-corrected chi connectivity index (χ4v) is 3.09. The lowest BCUT2D eigenvalue weighted by atomic mass is 10.2. The number of hydrazone groups is 1. The molecule has 0 aliphatic rings. The molecule has 0 fully saturated rings. The van der Waals surface area contributed by atoms with Gasteiger partial charge in [-0.2, -0.15) is 5.10 Å². The van der Waals surface area contributed by atoms with Crippen molar-refractivity contribution in [1.82, 2.24) is 15.4 Å². The summed E-state index contributed by atoms with van der Waals surface area (Å²) in [6, 6.07) is 5.98. The minimum Gasteiger partial charge on any atom is -0.360 e. The molecule has 3 aromatic rings. The maximum Gasteiger partial charge on any atom is 0.290 e. The molecule has 2 heterocycles. The number of amides is 1. The van der Waals surface area contributed by atoms with E-state index in [1.165, 1.54) is 11.3 Å². The standard InChI is InChI=1S/C13H9BrN4OS/c1-15-18-12(19)11-6-20-13(17-11)9-5-16-10-3-2-7(14)4-8(9)10/h2-6,16H,1H2,(H,18,19). The molecule has 5 nitrogen and oxygen atoms in total. The van der Waals surface area contributed by atoms with Gasteiger partial charge in [0, 0.05) is 39.2 Å². The summed E-state index contributed by atoms with van der Waals surface area (Å²) in [7, 11) is 0. The zero-order chi connectivity index (χ0) is 14.1. The summed E-state index contributed by atoms with van der Waals surface area (Å²) in [5.41, 5.74) is 4.60. The molecule has 2 N–H and O–H groups in total. The molecule has 0 aliphatic carbocycles. The number of thiazole rings is 1. The number of benzene rings is 1. The van der Waals surface area contributed by atoms with Crippen LogP contribution in [0.3, 0.4) is 0 Å². The summed E-state index contributed by atoms with van der Waals surface area (Å²) in [5, 5.41) is 6.89. The van der Waals surface area contributed by atoms with Gasteiger partial charge in [-0.05, 0) is 18.2 Å². The van der Waals surface area contributed by atoms with Crippen LogP contribution in [0, 0.1) is 0 Å². The van der Waals surface area contributed by atoms with Crippen molar-refractivity contribution >= 4 is 50.8 Å². The van der Waals surface area contributed by atoms with E-state index in [1.54, 1.807) is 5.38 Å². The van der Waals surface area contributed by atoms with Crippen LogP contribution in [0.5, 0.6) is 0 Å². The maximum atomic E-state index is 11.6. The smallest absolute Gasteiger partial charge is 0.290 e. The molecule has 1 amide bonds. The molecule has 20 heavy (non-hydrogen) atoms. The first kappa shape index (κ1) is 13.0. The summed E-state index contributed by atoms with van der Waals surface area (Å²) in [4.78, 5) is 19.2. The molecular weight excluding hydrogens is 340 g/mol. The van der Waals surface area contributed by atoms with Gasteiger partial charge in [-0.15, -0.1) is 11.3 Å². The van der Waals surface area contributed by atoms with Crippen molar-refractivity contribution < 1.29 is 4.79 Å². The lowest BCUT2D eigenvalue weighted by Gasteiger charge is -1.96. The first-order chi connectivity index (χ1) is 9.69. The Hall–Kier alpha value is -1.99. The van der Waals surface area contributed by atoms with Crippen LogP contribution in [0.25, 0.3) is 21.5 Å². The van der Waals surface area contributed by atoms with Crippen molar-refractivity contribution in [2.45, 2.75) is 0 Å². The van der Waals surface area contributed by atoms with Crippen LogP contribution in [-0.2, 0) is 0 Å². The van der Waals surface area contributed by atoms with E-state index in [4.69, 9.17) is 0 Å². The monoisotopic (exact) mass is 348 g/mol. The summed E-state index contributed by atoms with van der Waals surface area (Å²) in [5.74, 6) is -0.358. The van der Waals surface area contributed by atoms with Crippen LogP contribution < -0.4 is 5.43 Å². The molecule has 2 aromatic heterocycles. The van der Waals surface area contributed by atoms with E-state index < -0.39 is 0 Å². The van der Waals surface area contributed by atoms with Gasteiger partial charge in [0.1, 0.15) is 10.7 Å². The molecule has 7 heteroatoms. The minimum absolute atomic E-state index is 0.335. The van der Waals surface area contributed by atoms with E-state index in [-0.39, 0.29) is 5.91 Å². The number of carbonyl (C=O) groups is 1. The van der Waals surface area contributed by atoms with Crippen LogP contribution in [0.2, 0.25) is 0 Å². The van der Waals surface area contributed by atoms with E-state index in [0.29, 0.717) is 5.69 Å². The van der Waals surface area contributed by atoms with Crippen molar-refractivity contribution in [3.05, 3.63) is 39.9 Å². The average Bonchev–Trinajstić information content (AvgIpc) is 3.04. The number of rotatable bonds is 3. The van der Waals surface area contributed by atoms with Gasteiger partial charge in [0.2, 0.25) is 0 Å². The van der Waals surface area contributed by atoms with Crippen molar-refractivity contribution in [3.8, 4) is 10.6 Å². The zero-order valence-corrected chi connectivity index (χ0v) is 12.6. The lowest BCUT2D eigenvalue weighted by molar-refractivity contribution is 0.0951. The number of hydrogen-bond acceptors (Lipinski definition) is 4. The molecule has 0 saturated carbocycles. The van der Waals surface area contributed by atoms with Crippen LogP contribution in [-0.4, -0.2) is 22.6 Å². The Bertz CT molecular complexity index is 808. The Kier molecular flexibility index (Phi) is 3.37. The molecule has 0 atom stereocenters. The molecule has 0 bridgehead atoms. The van der Waals surface area contributed by atoms with E-state index in [9.17, 15) is 4.79 Å². The molecular formula is C13H9BrN4OS. The van der Waals surface area contributed by atoms with Crippen molar-refractivity contribution in [3.63, 3.8) is 0 Å². The Labute approximate surface area is 126 Å². The molecule has 0 saturated heterocycles. The third-order valence-electron chi connectivity index (χ3n) is 2.79. The fourth-order valence-electron chi connectivity index (χ4n) is 1.90. The van der Waals surface area contributed by atoms with Gasteiger partial charge in [0.25, 0.3) is 5.91 Å². The number of fused-ring (bicyclic) bond motifs is 1. The van der Waals surface area contributed by atoms with E-state index in [1.807, 2.05) is 24.4 Å². The Morgan fingerprint density at radius 2 is 2.35 bits per heavy atom. The predicted molar refractivity (Wildman–Crippen MR) is 84.1 cm³/mol. The quantitative estimate of drug-likeness (QED) is 0.562. The number of carbonyl (C=O) groups excluding carboxylic acids is 1. The number of halogens is 1. The number of nitrogens with zero attached hydrogens (tertiary/aromatic N) is 2. The van der Waals surface area contributed by atoms with Gasteiger partial charge in [-0.3, -0.25) is 4.79 Å². The second-order valence-electron chi connectivity index (χ2n) is 4.03. The van der Waals surface area contributed by atoms with Gasteiger partial charge in [0.15, 0.2) is 0 Å². The minimum atomic E-state index is -0.358. The highest BCUT2D eigenvalue weighted by Gasteiger charge is 2.14. The number of H-pyrrole nitrogens is 1. The van der Waals surface area contributed by atoms with Crippen molar-refractivity contribution in [2.24, 2.45) is 5.10 Å². The average molecular weight is 349 g/mol.